The number of ketones is 1. The van der Waals surface area contributed by atoms with Crippen LogP contribution in [0.2, 0.25) is 5.02 Å². The Morgan fingerprint density at radius 3 is 2.55 bits per heavy atom. The van der Waals surface area contributed by atoms with Gasteiger partial charge in [0.05, 0.1) is 11.5 Å². The van der Waals surface area contributed by atoms with E-state index in [4.69, 9.17) is 11.6 Å². The Kier molecular flexibility index (Phi) is 5.21. The second kappa shape index (κ2) is 6.29. The number of sulfonamides is 1. The summed E-state index contributed by atoms with van der Waals surface area (Å²) in [5, 5.41) is 10.9. The van der Waals surface area contributed by atoms with Crippen LogP contribution in [0.1, 0.15) is 13.8 Å². The highest BCUT2D eigenvalue weighted by molar-refractivity contribution is 7.89. The van der Waals surface area contributed by atoms with E-state index in [0.717, 1.165) is 12.1 Å². The minimum absolute atomic E-state index is 0.0499. The number of hydrogen-bond acceptors (Lipinski definition) is 5. The summed E-state index contributed by atoms with van der Waals surface area (Å²) >= 11 is 5.61. The average Bonchev–Trinajstić information content (AvgIpc) is 2.35. The predicted molar refractivity (Wildman–Crippen MR) is 73.1 cm³/mol. The lowest BCUT2D eigenvalue weighted by Crippen LogP contribution is -2.32. The van der Waals surface area contributed by atoms with Crippen LogP contribution in [0.3, 0.4) is 0 Å². The van der Waals surface area contributed by atoms with Gasteiger partial charge in [-0.15, -0.1) is 0 Å². The molecule has 7 nitrogen and oxygen atoms in total. The zero-order valence-electron chi connectivity index (χ0n) is 10.8. The molecule has 1 aromatic rings. The highest BCUT2D eigenvalue weighted by atomic mass is 35.5. The van der Waals surface area contributed by atoms with Crippen LogP contribution in [0, 0.1) is 16.0 Å². The molecule has 1 rings (SSSR count). The molecule has 0 radical (unpaired) electrons. The molecule has 0 spiro atoms. The molecule has 0 amide bonds. The first kappa shape index (κ1) is 16.5. The number of nitrogens with one attached hydrogen (secondary N) is 1. The summed E-state index contributed by atoms with van der Waals surface area (Å²) in [6.45, 7) is 2.84. The van der Waals surface area contributed by atoms with Gasteiger partial charge in [0.25, 0.3) is 5.69 Å². The number of carbonyl (C=O) groups is 1. The van der Waals surface area contributed by atoms with Crippen molar-refractivity contribution in [2.75, 3.05) is 6.54 Å². The lowest BCUT2D eigenvalue weighted by Gasteiger charge is -2.08. The van der Waals surface area contributed by atoms with Crippen LogP contribution in [0.15, 0.2) is 23.1 Å². The lowest BCUT2D eigenvalue weighted by atomic mass is 10.1. The number of nitrogens with zero attached hydrogens (tertiary/aromatic N) is 1. The topological polar surface area (TPSA) is 106 Å². The SMILES string of the molecule is CC(C)C(=O)CNS(=O)(=O)c1ccc(Cl)cc1[N+](=O)[O-]. The number of nitro benzene ring substituents is 1. The summed E-state index contributed by atoms with van der Waals surface area (Å²) in [4.78, 5) is 20.9. The standard InChI is InChI=1S/C11H13ClN2O5S/c1-7(2)10(15)6-13-20(18,19)11-4-3-8(12)5-9(11)14(16)17/h3-5,7,13H,6H2,1-2H3. The van der Waals surface area contributed by atoms with Crippen LogP contribution in [-0.4, -0.2) is 25.7 Å². The molecule has 0 aliphatic carbocycles. The van der Waals surface area contributed by atoms with Crippen molar-refractivity contribution in [1.29, 1.82) is 0 Å². The van der Waals surface area contributed by atoms with Gasteiger partial charge >= 0.3 is 0 Å². The lowest BCUT2D eigenvalue weighted by molar-refractivity contribution is -0.387. The maximum Gasteiger partial charge on any atom is 0.290 e. The monoisotopic (exact) mass is 320 g/mol. The molecule has 0 aromatic heterocycles. The third kappa shape index (κ3) is 3.99. The summed E-state index contributed by atoms with van der Waals surface area (Å²) in [7, 11) is -4.15. The molecule has 0 fully saturated rings. The maximum atomic E-state index is 12.0. The fourth-order valence-corrected chi connectivity index (χ4v) is 2.62. The van der Waals surface area contributed by atoms with Crippen LogP contribution in [0.4, 0.5) is 5.69 Å². The van der Waals surface area contributed by atoms with E-state index in [-0.39, 0.29) is 16.7 Å². The van der Waals surface area contributed by atoms with Crippen LogP contribution in [0.25, 0.3) is 0 Å². The third-order valence-electron chi connectivity index (χ3n) is 2.49. The van der Waals surface area contributed by atoms with E-state index in [9.17, 15) is 23.3 Å². The van der Waals surface area contributed by atoms with Crippen molar-refractivity contribution in [2.24, 2.45) is 5.92 Å². The zero-order chi connectivity index (χ0) is 15.5. The minimum Gasteiger partial charge on any atom is -0.298 e. The van der Waals surface area contributed by atoms with Crippen molar-refractivity contribution < 1.29 is 18.1 Å². The Hall–Kier alpha value is -1.51. The van der Waals surface area contributed by atoms with Crippen LogP contribution in [0.5, 0.6) is 0 Å². The number of nitro groups is 1. The summed E-state index contributed by atoms with van der Waals surface area (Å²) in [6.07, 6.45) is 0. The van der Waals surface area contributed by atoms with E-state index in [1.807, 2.05) is 4.72 Å². The molecule has 110 valence electrons. The van der Waals surface area contributed by atoms with Gasteiger partial charge in [0.2, 0.25) is 10.0 Å². The summed E-state index contributed by atoms with van der Waals surface area (Å²) in [5.74, 6) is -0.650. The van der Waals surface area contributed by atoms with Crippen molar-refractivity contribution in [1.82, 2.24) is 4.72 Å². The zero-order valence-corrected chi connectivity index (χ0v) is 12.4. The summed E-state index contributed by atoms with van der Waals surface area (Å²) in [5.41, 5.74) is -0.637. The van der Waals surface area contributed by atoms with Gasteiger partial charge in [-0.3, -0.25) is 14.9 Å². The molecular weight excluding hydrogens is 308 g/mol. The van der Waals surface area contributed by atoms with Crippen molar-refractivity contribution in [3.63, 3.8) is 0 Å². The summed E-state index contributed by atoms with van der Waals surface area (Å²) < 4.78 is 26.0. The minimum atomic E-state index is -4.15. The van der Waals surface area contributed by atoms with Crippen molar-refractivity contribution in [3.8, 4) is 0 Å². The van der Waals surface area contributed by atoms with Crippen molar-refractivity contribution >= 4 is 33.1 Å². The van der Waals surface area contributed by atoms with Crippen molar-refractivity contribution in [3.05, 3.63) is 33.3 Å². The number of benzene rings is 1. The molecule has 9 heteroatoms. The first-order valence-electron chi connectivity index (χ1n) is 5.61. The summed E-state index contributed by atoms with van der Waals surface area (Å²) in [6, 6.07) is 3.20. The fraction of sp³-hybridized carbons (Fsp3) is 0.364. The molecular formula is C11H13ClN2O5S. The molecule has 0 bridgehead atoms. The first-order chi connectivity index (χ1) is 9.15. The number of rotatable bonds is 6. The smallest absolute Gasteiger partial charge is 0.290 e. The predicted octanol–water partition coefficient (Wildman–Crippen LogP) is 1.75. The molecule has 0 saturated carbocycles. The van der Waals surface area contributed by atoms with Gasteiger partial charge in [-0.1, -0.05) is 25.4 Å². The Labute approximate surface area is 121 Å². The van der Waals surface area contributed by atoms with E-state index in [1.54, 1.807) is 13.8 Å². The molecule has 1 N–H and O–H groups in total. The number of carbonyl (C=O) groups excluding carboxylic acids is 1. The van der Waals surface area contributed by atoms with Gasteiger partial charge < -0.3 is 0 Å². The molecule has 0 aliphatic rings. The Morgan fingerprint density at radius 2 is 2.05 bits per heavy atom. The molecule has 1 aromatic carbocycles. The van der Waals surface area contributed by atoms with E-state index < -0.39 is 32.1 Å². The van der Waals surface area contributed by atoms with E-state index in [2.05, 4.69) is 0 Å². The van der Waals surface area contributed by atoms with Crippen LogP contribution >= 0.6 is 11.6 Å². The van der Waals surface area contributed by atoms with Crippen LogP contribution in [-0.2, 0) is 14.8 Å². The average molecular weight is 321 g/mol. The van der Waals surface area contributed by atoms with Crippen molar-refractivity contribution in [2.45, 2.75) is 18.7 Å². The van der Waals surface area contributed by atoms with Gasteiger partial charge in [-0.2, -0.15) is 0 Å². The first-order valence-corrected chi connectivity index (χ1v) is 7.47. The third-order valence-corrected chi connectivity index (χ3v) is 4.17. The quantitative estimate of drug-likeness (QED) is 0.634. The Morgan fingerprint density at radius 1 is 1.45 bits per heavy atom. The molecule has 0 saturated heterocycles. The largest absolute Gasteiger partial charge is 0.298 e. The molecule has 0 aliphatic heterocycles. The van der Waals surface area contributed by atoms with E-state index in [1.165, 1.54) is 6.07 Å². The van der Waals surface area contributed by atoms with E-state index >= 15 is 0 Å². The highest BCUT2D eigenvalue weighted by Gasteiger charge is 2.26. The Bertz CT molecular complexity index is 642. The van der Waals surface area contributed by atoms with Gasteiger partial charge in [-0.05, 0) is 12.1 Å². The van der Waals surface area contributed by atoms with Gasteiger partial charge in [0.15, 0.2) is 4.90 Å². The normalized spacial score (nSPS) is 11.6. The van der Waals surface area contributed by atoms with Crippen LogP contribution < -0.4 is 4.72 Å². The second-order valence-corrected chi connectivity index (χ2v) is 6.49. The Balaban J connectivity index is 3.10. The highest BCUT2D eigenvalue weighted by Crippen LogP contribution is 2.26. The van der Waals surface area contributed by atoms with Gasteiger partial charge in [-0.25, -0.2) is 13.1 Å². The molecule has 20 heavy (non-hydrogen) atoms. The molecule has 0 atom stereocenters. The number of Topliss-reactive ketones (excluding diaryl/α,β-unsaturated/α-hetero) is 1. The maximum absolute atomic E-state index is 12.0. The van der Waals surface area contributed by atoms with E-state index in [0.29, 0.717) is 0 Å². The second-order valence-electron chi connectivity index (χ2n) is 4.31. The van der Waals surface area contributed by atoms with Gasteiger partial charge in [0, 0.05) is 17.0 Å². The molecule has 0 heterocycles. The number of halogens is 1. The number of hydrogen-bond donors (Lipinski definition) is 1. The molecule has 0 unspecified atom stereocenters. The van der Waals surface area contributed by atoms with Gasteiger partial charge in [0.1, 0.15) is 5.78 Å². The fourth-order valence-electron chi connectivity index (χ4n) is 1.31.